The van der Waals surface area contributed by atoms with Crippen LogP contribution in [-0.4, -0.2) is 51.1 Å². The van der Waals surface area contributed by atoms with Crippen LogP contribution in [0.2, 0.25) is 0 Å². The van der Waals surface area contributed by atoms with Crippen molar-refractivity contribution in [1.29, 1.82) is 0 Å². The molecule has 1 atom stereocenters. The van der Waals surface area contributed by atoms with Crippen molar-refractivity contribution in [3.63, 3.8) is 0 Å². The molecule has 134 valence electrons. The largest absolute Gasteiger partial charge is 0.460 e. The molecule has 1 aliphatic heterocycles. The van der Waals surface area contributed by atoms with E-state index in [1.54, 1.807) is 4.90 Å². The molecular weight excluding hydrogens is 322 g/mol. The van der Waals surface area contributed by atoms with Crippen LogP contribution in [0.1, 0.15) is 32.9 Å². The third kappa shape index (κ3) is 4.49. The lowest BCUT2D eigenvalue weighted by atomic mass is 10.2. The highest BCUT2D eigenvalue weighted by molar-refractivity contribution is 5.73. The molecule has 0 unspecified atom stereocenters. The van der Waals surface area contributed by atoms with E-state index in [4.69, 9.17) is 9.47 Å². The van der Waals surface area contributed by atoms with Crippen LogP contribution in [0, 0.1) is 0 Å². The first kappa shape index (κ1) is 17.3. The summed E-state index contributed by atoms with van der Waals surface area (Å²) in [5.41, 5.74) is 0.926. The number of imidazole rings is 1. The molecular formula is C18H23N3O4. The van der Waals surface area contributed by atoms with Crippen molar-refractivity contribution in [3.05, 3.63) is 36.3 Å². The minimum atomic E-state index is -0.533. The molecule has 2 aromatic rings. The molecule has 2 aromatic heterocycles. The van der Waals surface area contributed by atoms with Crippen LogP contribution in [0.15, 0.2) is 30.6 Å². The minimum Gasteiger partial charge on any atom is -0.460 e. The number of esters is 1. The van der Waals surface area contributed by atoms with E-state index in [2.05, 4.69) is 4.98 Å². The Labute approximate surface area is 146 Å². The van der Waals surface area contributed by atoms with Gasteiger partial charge in [-0.3, -0.25) is 4.79 Å². The number of rotatable bonds is 3. The van der Waals surface area contributed by atoms with Gasteiger partial charge in [0, 0.05) is 25.4 Å². The van der Waals surface area contributed by atoms with Crippen molar-refractivity contribution in [2.75, 3.05) is 13.1 Å². The zero-order valence-electron chi connectivity index (χ0n) is 14.8. The summed E-state index contributed by atoms with van der Waals surface area (Å²) in [5.74, 6) is -0.334. The van der Waals surface area contributed by atoms with Crippen molar-refractivity contribution in [2.24, 2.45) is 0 Å². The van der Waals surface area contributed by atoms with E-state index < -0.39 is 5.60 Å². The number of fused-ring (bicyclic) bond motifs is 1. The number of amides is 1. The highest BCUT2D eigenvalue weighted by atomic mass is 16.6. The summed E-state index contributed by atoms with van der Waals surface area (Å²) in [7, 11) is 0. The molecule has 0 spiro atoms. The van der Waals surface area contributed by atoms with Gasteiger partial charge in [-0.1, -0.05) is 6.07 Å². The van der Waals surface area contributed by atoms with Crippen molar-refractivity contribution in [3.8, 4) is 0 Å². The van der Waals surface area contributed by atoms with E-state index in [-0.39, 0.29) is 24.6 Å². The summed E-state index contributed by atoms with van der Waals surface area (Å²) >= 11 is 0. The molecule has 0 radical (unpaired) electrons. The Hall–Kier alpha value is -2.57. The van der Waals surface area contributed by atoms with E-state index in [9.17, 15) is 9.59 Å². The lowest BCUT2D eigenvalue weighted by Gasteiger charge is -2.24. The fraction of sp³-hybridized carbons (Fsp3) is 0.500. The average Bonchev–Trinajstić information content (AvgIpc) is 3.11. The molecule has 7 heteroatoms. The number of pyridine rings is 1. The van der Waals surface area contributed by atoms with Gasteiger partial charge in [-0.2, -0.15) is 0 Å². The van der Waals surface area contributed by atoms with Gasteiger partial charge in [-0.15, -0.1) is 0 Å². The molecule has 1 amide bonds. The number of nitrogens with zero attached hydrogens (tertiary/aromatic N) is 3. The second-order valence-electron chi connectivity index (χ2n) is 7.20. The molecule has 0 bridgehead atoms. The molecule has 7 nitrogen and oxygen atoms in total. The van der Waals surface area contributed by atoms with Gasteiger partial charge in [-0.05, 0) is 32.9 Å². The van der Waals surface area contributed by atoms with E-state index >= 15 is 0 Å². The normalized spacial score (nSPS) is 17.7. The number of hydrogen-bond acceptors (Lipinski definition) is 5. The van der Waals surface area contributed by atoms with E-state index in [0.717, 1.165) is 5.65 Å². The zero-order valence-corrected chi connectivity index (χ0v) is 14.8. The van der Waals surface area contributed by atoms with E-state index in [1.807, 2.05) is 55.8 Å². The van der Waals surface area contributed by atoms with Gasteiger partial charge in [-0.25, -0.2) is 9.78 Å². The molecule has 3 rings (SSSR count). The van der Waals surface area contributed by atoms with E-state index in [0.29, 0.717) is 25.2 Å². The quantitative estimate of drug-likeness (QED) is 0.799. The first-order valence-electron chi connectivity index (χ1n) is 8.40. The maximum absolute atomic E-state index is 12.1. The number of hydrogen-bond donors (Lipinski definition) is 0. The molecule has 1 aliphatic rings. The fourth-order valence-electron chi connectivity index (χ4n) is 2.76. The second kappa shape index (κ2) is 6.74. The van der Waals surface area contributed by atoms with Gasteiger partial charge in [0.25, 0.3) is 0 Å². The summed E-state index contributed by atoms with van der Waals surface area (Å²) in [5, 5.41) is 0. The molecule has 0 N–H and O–H groups in total. The highest BCUT2D eigenvalue weighted by Crippen LogP contribution is 2.18. The smallest absolute Gasteiger partial charge is 0.410 e. The van der Waals surface area contributed by atoms with Crippen molar-refractivity contribution >= 4 is 17.7 Å². The summed E-state index contributed by atoms with van der Waals surface area (Å²) in [6, 6.07) is 5.68. The topological polar surface area (TPSA) is 73.1 Å². The Kier molecular flexibility index (Phi) is 4.65. The molecule has 0 saturated carbocycles. The van der Waals surface area contributed by atoms with Crippen molar-refractivity contribution < 1.29 is 19.1 Å². The number of likely N-dealkylation sites (tertiary alicyclic amines) is 1. The van der Waals surface area contributed by atoms with Gasteiger partial charge < -0.3 is 18.8 Å². The molecule has 25 heavy (non-hydrogen) atoms. The Balaban J connectivity index is 1.51. The fourth-order valence-corrected chi connectivity index (χ4v) is 2.76. The maximum atomic E-state index is 12.1. The Bertz CT molecular complexity index is 745. The Morgan fingerprint density at radius 3 is 2.84 bits per heavy atom. The monoisotopic (exact) mass is 345 g/mol. The van der Waals surface area contributed by atoms with Crippen LogP contribution in [0.3, 0.4) is 0 Å². The Morgan fingerprint density at radius 1 is 1.32 bits per heavy atom. The van der Waals surface area contributed by atoms with Crippen LogP contribution in [-0.2, 0) is 20.7 Å². The van der Waals surface area contributed by atoms with Gasteiger partial charge >= 0.3 is 12.1 Å². The second-order valence-corrected chi connectivity index (χ2v) is 7.20. The molecule has 0 aliphatic carbocycles. The Morgan fingerprint density at radius 2 is 2.12 bits per heavy atom. The lowest BCUT2D eigenvalue weighted by Crippen LogP contribution is -2.36. The maximum Gasteiger partial charge on any atom is 0.410 e. The number of ether oxygens (including phenoxy) is 2. The van der Waals surface area contributed by atoms with Crippen LogP contribution in [0.25, 0.3) is 5.65 Å². The first-order valence-corrected chi connectivity index (χ1v) is 8.40. The predicted molar refractivity (Wildman–Crippen MR) is 91.2 cm³/mol. The molecule has 0 aromatic carbocycles. The summed E-state index contributed by atoms with van der Waals surface area (Å²) in [6.07, 6.45) is 3.77. The third-order valence-electron chi connectivity index (χ3n) is 3.83. The summed E-state index contributed by atoms with van der Waals surface area (Å²) in [4.78, 5) is 30.1. The van der Waals surface area contributed by atoms with Crippen molar-refractivity contribution in [2.45, 2.75) is 45.3 Å². The van der Waals surface area contributed by atoms with Gasteiger partial charge in [0.1, 0.15) is 17.4 Å². The van der Waals surface area contributed by atoms with Gasteiger partial charge in [0.2, 0.25) is 0 Å². The molecule has 3 heterocycles. The number of carbonyl (C=O) groups is 2. The van der Waals surface area contributed by atoms with Crippen LogP contribution in [0.4, 0.5) is 4.79 Å². The van der Waals surface area contributed by atoms with Crippen LogP contribution >= 0.6 is 0 Å². The average molecular weight is 345 g/mol. The minimum absolute atomic E-state index is 0.116. The van der Waals surface area contributed by atoms with Gasteiger partial charge in [0.05, 0.1) is 18.7 Å². The number of aromatic nitrogens is 2. The summed E-state index contributed by atoms with van der Waals surface area (Å²) in [6.45, 7) is 6.38. The molecule has 1 saturated heterocycles. The predicted octanol–water partition coefficient (Wildman–Crippen LogP) is 2.43. The zero-order chi connectivity index (χ0) is 18.0. The highest BCUT2D eigenvalue weighted by Gasteiger charge is 2.31. The van der Waals surface area contributed by atoms with Crippen LogP contribution in [0.5, 0.6) is 0 Å². The molecule has 1 fully saturated rings. The number of carbonyl (C=O) groups excluding carboxylic acids is 2. The van der Waals surface area contributed by atoms with E-state index in [1.165, 1.54) is 0 Å². The third-order valence-corrected chi connectivity index (χ3v) is 3.83. The SMILES string of the molecule is CC(C)(C)OC(=O)N1CC[C@@H](OC(=O)Cc2cn3ccccc3n2)C1. The first-order chi connectivity index (χ1) is 11.8. The summed E-state index contributed by atoms with van der Waals surface area (Å²) < 4.78 is 12.7. The van der Waals surface area contributed by atoms with Crippen molar-refractivity contribution in [1.82, 2.24) is 14.3 Å². The van der Waals surface area contributed by atoms with Gasteiger partial charge in [0.15, 0.2) is 0 Å². The van der Waals surface area contributed by atoms with Crippen LogP contribution < -0.4 is 0 Å². The lowest BCUT2D eigenvalue weighted by molar-refractivity contribution is -0.147. The standard InChI is InChI=1S/C18H23N3O4/c1-18(2,3)25-17(23)21-9-7-14(12-21)24-16(22)10-13-11-20-8-5-4-6-15(20)19-13/h4-6,8,11,14H,7,9-10,12H2,1-3H3/t14-/m1/s1.